The minimum absolute atomic E-state index is 0.00410. The first-order valence-electron chi connectivity index (χ1n) is 12.2. The lowest BCUT2D eigenvalue weighted by Gasteiger charge is -2.39. The van der Waals surface area contributed by atoms with Crippen LogP contribution in [0, 0.1) is 19.8 Å². The van der Waals surface area contributed by atoms with E-state index in [0.717, 1.165) is 74.7 Å². The van der Waals surface area contributed by atoms with E-state index < -0.39 is 0 Å². The largest absolute Gasteiger partial charge is 0.497 e. The van der Waals surface area contributed by atoms with Crippen molar-refractivity contribution in [3.63, 3.8) is 0 Å². The highest BCUT2D eigenvalue weighted by Gasteiger charge is 2.31. The first kappa shape index (κ1) is 24.1. The molecule has 2 aliphatic heterocycles. The van der Waals surface area contributed by atoms with Crippen LogP contribution in [0.15, 0.2) is 42.5 Å². The number of rotatable bonds is 6. The number of hydrogen-bond acceptors (Lipinski definition) is 5. The molecule has 2 aromatic carbocycles. The molecule has 2 aromatic rings. The molecule has 2 aliphatic rings. The lowest BCUT2D eigenvalue weighted by Crippen LogP contribution is -2.52. The molecule has 2 fully saturated rings. The lowest BCUT2D eigenvalue weighted by molar-refractivity contribution is -0.137. The van der Waals surface area contributed by atoms with Crippen molar-refractivity contribution >= 4 is 23.2 Å². The molecule has 0 saturated carbocycles. The van der Waals surface area contributed by atoms with Crippen molar-refractivity contribution in [2.24, 2.45) is 5.92 Å². The molecular formula is C27H36N4O3. The fourth-order valence-corrected chi connectivity index (χ4v) is 5.02. The summed E-state index contributed by atoms with van der Waals surface area (Å²) in [7, 11) is 1.67. The summed E-state index contributed by atoms with van der Waals surface area (Å²) in [6.45, 7) is 9.18. The Morgan fingerprint density at radius 2 is 1.53 bits per heavy atom. The van der Waals surface area contributed by atoms with Gasteiger partial charge in [0.05, 0.1) is 13.7 Å². The number of hydrogen-bond donors (Lipinski definition) is 1. The van der Waals surface area contributed by atoms with Gasteiger partial charge in [0.2, 0.25) is 11.8 Å². The molecule has 2 saturated heterocycles. The molecule has 0 spiro atoms. The average Bonchev–Trinajstić information content (AvgIpc) is 2.83. The highest BCUT2D eigenvalue weighted by atomic mass is 16.5. The summed E-state index contributed by atoms with van der Waals surface area (Å²) in [5, 5.41) is 3.01. The summed E-state index contributed by atoms with van der Waals surface area (Å²) in [6.07, 6.45) is 1.63. The van der Waals surface area contributed by atoms with E-state index in [1.807, 2.05) is 43.0 Å². The van der Waals surface area contributed by atoms with Crippen LogP contribution in [0.25, 0.3) is 0 Å². The van der Waals surface area contributed by atoms with Gasteiger partial charge in [-0.2, -0.15) is 0 Å². The zero-order valence-corrected chi connectivity index (χ0v) is 20.5. The summed E-state index contributed by atoms with van der Waals surface area (Å²) in [6, 6.07) is 14.2. The first-order valence-corrected chi connectivity index (χ1v) is 12.2. The minimum atomic E-state index is 0.00410. The third-order valence-electron chi connectivity index (χ3n) is 6.84. The predicted molar refractivity (Wildman–Crippen MR) is 135 cm³/mol. The second-order valence-electron chi connectivity index (χ2n) is 9.49. The van der Waals surface area contributed by atoms with Crippen LogP contribution in [-0.2, 0) is 9.59 Å². The van der Waals surface area contributed by atoms with Crippen LogP contribution in [0.2, 0.25) is 0 Å². The smallest absolute Gasteiger partial charge is 0.238 e. The Balaban J connectivity index is 1.20. The molecule has 0 atom stereocenters. The van der Waals surface area contributed by atoms with Crippen LogP contribution in [0.4, 0.5) is 11.4 Å². The van der Waals surface area contributed by atoms with E-state index in [2.05, 4.69) is 33.3 Å². The molecule has 0 bridgehead atoms. The maximum atomic E-state index is 13.1. The summed E-state index contributed by atoms with van der Waals surface area (Å²) >= 11 is 0. The number of carbonyl (C=O) groups is 2. The van der Waals surface area contributed by atoms with E-state index >= 15 is 0 Å². The van der Waals surface area contributed by atoms with E-state index in [4.69, 9.17) is 4.74 Å². The van der Waals surface area contributed by atoms with Crippen LogP contribution in [0.5, 0.6) is 5.75 Å². The SMILES string of the molecule is COc1ccc(N2CCN(C(=O)C3CCN(CC(=O)Nc4cc(C)cc(C)c4)CC3)CC2)cc1. The third kappa shape index (κ3) is 6.08. The molecule has 1 N–H and O–H groups in total. The van der Waals surface area contributed by atoms with E-state index in [1.165, 1.54) is 5.69 Å². The maximum Gasteiger partial charge on any atom is 0.238 e. The zero-order valence-electron chi connectivity index (χ0n) is 20.5. The van der Waals surface area contributed by atoms with Crippen LogP contribution in [0.3, 0.4) is 0 Å². The Bertz CT molecular complexity index is 971. The molecule has 34 heavy (non-hydrogen) atoms. The van der Waals surface area contributed by atoms with Crippen molar-refractivity contribution in [1.29, 1.82) is 0 Å². The fraction of sp³-hybridized carbons (Fsp3) is 0.481. The average molecular weight is 465 g/mol. The van der Waals surface area contributed by atoms with Crippen LogP contribution >= 0.6 is 0 Å². The minimum Gasteiger partial charge on any atom is -0.497 e. The number of nitrogens with one attached hydrogen (secondary N) is 1. The molecule has 7 nitrogen and oxygen atoms in total. The highest BCUT2D eigenvalue weighted by Crippen LogP contribution is 2.24. The van der Waals surface area contributed by atoms with Gasteiger partial charge < -0.3 is 19.9 Å². The Kier molecular flexibility index (Phi) is 7.73. The number of nitrogens with zero attached hydrogens (tertiary/aromatic N) is 3. The summed E-state index contributed by atoms with van der Waals surface area (Å²) in [5.41, 5.74) is 4.29. The van der Waals surface area contributed by atoms with Crippen molar-refractivity contribution in [2.45, 2.75) is 26.7 Å². The standard InChI is InChI=1S/C27H36N4O3/c1-20-16-21(2)18-23(17-20)28-26(32)19-29-10-8-22(9-11-29)27(33)31-14-12-30(13-15-31)24-4-6-25(34-3)7-5-24/h4-7,16-18,22H,8-15,19H2,1-3H3,(H,28,32). The molecule has 0 aromatic heterocycles. The van der Waals surface area contributed by atoms with Crippen molar-refractivity contribution < 1.29 is 14.3 Å². The third-order valence-corrected chi connectivity index (χ3v) is 6.84. The summed E-state index contributed by atoms with van der Waals surface area (Å²) in [5.74, 6) is 1.19. The maximum absolute atomic E-state index is 13.1. The van der Waals surface area contributed by atoms with Crippen molar-refractivity contribution in [1.82, 2.24) is 9.80 Å². The van der Waals surface area contributed by atoms with E-state index in [1.54, 1.807) is 7.11 Å². The van der Waals surface area contributed by atoms with Gasteiger partial charge in [0, 0.05) is 43.5 Å². The number of amides is 2. The van der Waals surface area contributed by atoms with Gasteiger partial charge in [0.15, 0.2) is 0 Å². The second kappa shape index (κ2) is 10.9. The molecule has 7 heteroatoms. The van der Waals surface area contributed by atoms with Crippen LogP contribution < -0.4 is 15.0 Å². The topological polar surface area (TPSA) is 65.1 Å². The fourth-order valence-electron chi connectivity index (χ4n) is 5.02. The van der Waals surface area contributed by atoms with Crippen molar-refractivity contribution in [2.75, 3.05) is 63.1 Å². The van der Waals surface area contributed by atoms with Crippen LogP contribution in [-0.4, -0.2) is 74.5 Å². The van der Waals surface area contributed by atoms with Gasteiger partial charge in [-0.05, 0) is 87.3 Å². The van der Waals surface area contributed by atoms with Gasteiger partial charge in [-0.15, -0.1) is 0 Å². The number of benzene rings is 2. The second-order valence-corrected chi connectivity index (χ2v) is 9.49. The van der Waals surface area contributed by atoms with Crippen LogP contribution in [0.1, 0.15) is 24.0 Å². The molecule has 2 heterocycles. The Labute approximate surface area is 202 Å². The number of methoxy groups -OCH3 is 1. The Morgan fingerprint density at radius 3 is 2.12 bits per heavy atom. The Hall–Kier alpha value is -3.06. The summed E-state index contributed by atoms with van der Waals surface area (Å²) in [4.78, 5) is 32.1. The van der Waals surface area contributed by atoms with Gasteiger partial charge in [0.1, 0.15) is 5.75 Å². The van der Waals surface area contributed by atoms with Gasteiger partial charge >= 0.3 is 0 Å². The number of anilines is 2. The molecule has 0 unspecified atom stereocenters. The van der Waals surface area contributed by atoms with Crippen molar-refractivity contribution in [3.8, 4) is 5.75 Å². The monoisotopic (exact) mass is 464 g/mol. The summed E-state index contributed by atoms with van der Waals surface area (Å²) < 4.78 is 5.24. The first-order chi connectivity index (χ1) is 16.4. The quantitative estimate of drug-likeness (QED) is 0.711. The number of aryl methyl sites for hydroxylation is 2. The molecular weight excluding hydrogens is 428 g/mol. The normalized spacial score (nSPS) is 17.5. The molecule has 0 aliphatic carbocycles. The van der Waals surface area contributed by atoms with Crippen molar-refractivity contribution in [3.05, 3.63) is 53.6 Å². The van der Waals surface area contributed by atoms with Gasteiger partial charge in [-0.1, -0.05) is 6.07 Å². The number of carbonyl (C=O) groups excluding carboxylic acids is 2. The van der Waals surface area contributed by atoms with E-state index in [-0.39, 0.29) is 17.7 Å². The van der Waals surface area contributed by atoms with Gasteiger partial charge in [-0.3, -0.25) is 14.5 Å². The van der Waals surface area contributed by atoms with Gasteiger partial charge in [0.25, 0.3) is 0 Å². The molecule has 2 amide bonds. The highest BCUT2D eigenvalue weighted by molar-refractivity contribution is 5.92. The van der Waals surface area contributed by atoms with E-state index in [9.17, 15) is 9.59 Å². The van der Waals surface area contributed by atoms with Gasteiger partial charge in [-0.25, -0.2) is 0 Å². The molecule has 182 valence electrons. The zero-order chi connectivity index (χ0) is 24.1. The molecule has 4 rings (SSSR count). The predicted octanol–water partition coefficient (Wildman–Crippen LogP) is 3.31. The number of ether oxygens (including phenoxy) is 1. The number of piperidine rings is 1. The molecule has 0 radical (unpaired) electrons. The van der Waals surface area contributed by atoms with E-state index in [0.29, 0.717) is 6.54 Å². The number of likely N-dealkylation sites (tertiary alicyclic amines) is 1. The number of piperazine rings is 1. The lowest BCUT2D eigenvalue weighted by atomic mass is 9.95. The Morgan fingerprint density at radius 1 is 0.912 bits per heavy atom.